The summed E-state index contributed by atoms with van der Waals surface area (Å²) in [7, 11) is 0. The maximum absolute atomic E-state index is 10.4. The molecule has 0 saturated carbocycles. The first-order valence-corrected chi connectivity index (χ1v) is 5.95. The van der Waals surface area contributed by atoms with Crippen molar-refractivity contribution in [3.8, 4) is 0 Å². The Morgan fingerprint density at radius 2 is 2.47 bits per heavy atom. The van der Waals surface area contributed by atoms with Crippen LogP contribution in [0.1, 0.15) is 19.2 Å². The number of nitrogens with zero attached hydrogens (tertiary/aromatic N) is 2. The number of aryl methyl sites for hydroxylation is 2. The Balaban J connectivity index is 2.22. The highest BCUT2D eigenvalue weighted by Gasteiger charge is 2.07. The predicted molar refractivity (Wildman–Crippen MR) is 61.1 cm³/mol. The van der Waals surface area contributed by atoms with Crippen molar-refractivity contribution in [1.82, 2.24) is 9.55 Å². The fourth-order valence-electron chi connectivity index (χ4n) is 1.30. The number of carboxylic acid groups (broad SMARTS) is 1. The van der Waals surface area contributed by atoms with Gasteiger partial charge in [0.1, 0.15) is 5.82 Å². The van der Waals surface area contributed by atoms with E-state index in [0.29, 0.717) is 0 Å². The van der Waals surface area contributed by atoms with E-state index in [1.165, 1.54) is 0 Å². The topological polar surface area (TPSA) is 55.1 Å². The maximum atomic E-state index is 10.4. The van der Waals surface area contributed by atoms with Crippen molar-refractivity contribution in [3.63, 3.8) is 0 Å². The number of aromatic nitrogens is 2. The van der Waals surface area contributed by atoms with E-state index in [1.54, 1.807) is 18.0 Å². The van der Waals surface area contributed by atoms with Gasteiger partial charge >= 0.3 is 5.97 Å². The molecule has 1 atom stereocenters. The molecule has 0 aromatic carbocycles. The Morgan fingerprint density at radius 3 is 3.00 bits per heavy atom. The van der Waals surface area contributed by atoms with Crippen LogP contribution in [0.4, 0.5) is 0 Å². The van der Waals surface area contributed by atoms with Gasteiger partial charge in [0.05, 0.1) is 6.42 Å². The minimum Gasteiger partial charge on any atom is -0.481 e. The smallest absolute Gasteiger partial charge is 0.304 e. The molecule has 0 fully saturated rings. The van der Waals surface area contributed by atoms with Gasteiger partial charge in [0.15, 0.2) is 0 Å². The third-order valence-electron chi connectivity index (χ3n) is 2.12. The highest BCUT2D eigenvalue weighted by Crippen LogP contribution is 2.14. The highest BCUT2D eigenvalue weighted by atomic mass is 32.2. The number of thioether (sulfide) groups is 1. The van der Waals surface area contributed by atoms with Crippen molar-refractivity contribution in [3.05, 3.63) is 18.2 Å². The van der Waals surface area contributed by atoms with E-state index < -0.39 is 5.97 Å². The zero-order valence-electron chi connectivity index (χ0n) is 9.01. The van der Waals surface area contributed by atoms with E-state index in [0.717, 1.165) is 18.1 Å². The van der Waals surface area contributed by atoms with E-state index in [2.05, 4.69) is 9.55 Å². The predicted octanol–water partition coefficient (Wildman–Crippen LogP) is 1.79. The Labute approximate surface area is 93.7 Å². The van der Waals surface area contributed by atoms with Gasteiger partial charge in [-0.3, -0.25) is 4.79 Å². The molecule has 1 rings (SSSR count). The zero-order chi connectivity index (χ0) is 11.3. The van der Waals surface area contributed by atoms with Gasteiger partial charge in [-0.15, -0.1) is 0 Å². The molecular formula is C10H16N2O2S. The van der Waals surface area contributed by atoms with Crippen LogP contribution in [0.3, 0.4) is 0 Å². The summed E-state index contributed by atoms with van der Waals surface area (Å²) in [4.78, 5) is 14.5. The molecule has 0 aliphatic heterocycles. The third-order valence-corrected chi connectivity index (χ3v) is 3.27. The van der Waals surface area contributed by atoms with Crippen molar-refractivity contribution in [2.24, 2.45) is 0 Å². The monoisotopic (exact) mass is 228 g/mol. The van der Waals surface area contributed by atoms with Gasteiger partial charge in [0.25, 0.3) is 0 Å². The Morgan fingerprint density at radius 1 is 1.73 bits per heavy atom. The fourth-order valence-corrected chi connectivity index (χ4v) is 2.26. The maximum Gasteiger partial charge on any atom is 0.304 e. The molecule has 0 radical (unpaired) electrons. The van der Waals surface area contributed by atoms with Crippen LogP contribution in [0.5, 0.6) is 0 Å². The van der Waals surface area contributed by atoms with E-state index in [4.69, 9.17) is 5.11 Å². The van der Waals surface area contributed by atoms with Crippen LogP contribution in [0.25, 0.3) is 0 Å². The minimum atomic E-state index is -0.728. The SMILES string of the molecule is Cc1nccn1CCSC(C)CC(=O)O. The van der Waals surface area contributed by atoms with Crippen molar-refractivity contribution in [2.45, 2.75) is 32.1 Å². The van der Waals surface area contributed by atoms with Crippen molar-refractivity contribution < 1.29 is 9.90 Å². The molecule has 0 saturated heterocycles. The number of hydrogen-bond donors (Lipinski definition) is 1. The van der Waals surface area contributed by atoms with Gasteiger partial charge in [-0.05, 0) is 6.92 Å². The van der Waals surface area contributed by atoms with E-state index in [-0.39, 0.29) is 11.7 Å². The first-order chi connectivity index (χ1) is 7.09. The van der Waals surface area contributed by atoms with E-state index in [1.807, 2.05) is 20.0 Å². The number of carbonyl (C=O) groups is 1. The van der Waals surface area contributed by atoms with Crippen LogP contribution in [-0.4, -0.2) is 31.6 Å². The second-order valence-corrected chi connectivity index (χ2v) is 4.99. The normalized spacial score (nSPS) is 12.7. The van der Waals surface area contributed by atoms with Gasteiger partial charge < -0.3 is 9.67 Å². The van der Waals surface area contributed by atoms with Gasteiger partial charge in [0, 0.05) is 29.9 Å². The lowest BCUT2D eigenvalue weighted by atomic mass is 10.3. The van der Waals surface area contributed by atoms with E-state index in [9.17, 15) is 4.79 Å². The van der Waals surface area contributed by atoms with Crippen LogP contribution in [0.15, 0.2) is 12.4 Å². The van der Waals surface area contributed by atoms with Crippen LogP contribution < -0.4 is 0 Å². The van der Waals surface area contributed by atoms with Gasteiger partial charge in [-0.25, -0.2) is 4.98 Å². The minimum absolute atomic E-state index is 0.173. The highest BCUT2D eigenvalue weighted by molar-refractivity contribution is 7.99. The number of hydrogen-bond acceptors (Lipinski definition) is 3. The lowest BCUT2D eigenvalue weighted by Crippen LogP contribution is -2.09. The molecule has 0 amide bonds. The molecule has 4 nitrogen and oxygen atoms in total. The molecule has 0 spiro atoms. The molecule has 1 unspecified atom stereocenters. The summed E-state index contributed by atoms with van der Waals surface area (Å²) >= 11 is 1.68. The number of rotatable bonds is 6. The molecule has 1 N–H and O–H groups in total. The first kappa shape index (κ1) is 12.1. The lowest BCUT2D eigenvalue weighted by Gasteiger charge is -2.09. The summed E-state index contributed by atoms with van der Waals surface area (Å²) in [5, 5.41) is 8.76. The number of carboxylic acids is 1. The number of aliphatic carboxylic acids is 1. The molecule has 15 heavy (non-hydrogen) atoms. The summed E-state index contributed by atoms with van der Waals surface area (Å²) in [5.74, 6) is 1.20. The van der Waals surface area contributed by atoms with Crippen LogP contribution in [0, 0.1) is 6.92 Å². The van der Waals surface area contributed by atoms with Gasteiger partial charge in [-0.1, -0.05) is 6.92 Å². The van der Waals surface area contributed by atoms with Gasteiger partial charge in [-0.2, -0.15) is 11.8 Å². The largest absolute Gasteiger partial charge is 0.481 e. The summed E-state index contributed by atoms with van der Waals surface area (Å²) in [6, 6.07) is 0. The first-order valence-electron chi connectivity index (χ1n) is 4.90. The van der Waals surface area contributed by atoms with Crippen molar-refractivity contribution in [1.29, 1.82) is 0 Å². The van der Waals surface area contributed by atoms with Crippen molar-refractivity contribution in [2.75, 3.05) is 5.75 Å². The summed E-state index contributed by atoms with van der Waals surface area (Å²) in [6.45, 7) is 4.80. The molecule has 1 aromatic heterocycles. The lowest BCUT2D eigenvalue weighted by molar-refractivity contribution is -0.136. The third kappa shape index (κ3) is 4.38. The standard InChI is InChI=1S/C10H16N2O2S/c1-8(7-10(13)14)15-6-5-12-4-3-11-9(12)2/h3-4,8H,5-7H2,1-2H3,(H,13,14). The average Bonchev–Trinajstić information content (AvgIpc) is 2.50. The zero-order valence-corrected chi connectivity index (χ0v) is 9.83. The van der Waals surface area contributed by atoms with Crippen LogP contribution in [-0.2, 0) is 11.3 Å². The van der Waals surface area contributed by atoms with Crippen molar-refractivity contribution >= 4 is 17.7 Å². The molecule has 1 aromatic rings. The molecule has 0 aliphatic carbocycles. The number of imidazole rings is 1. The molecule has 0 bridgehead atoms. The molecule has 84 valence electrons. The molecule has 1 heterocycles. The average molecular weight is 228 g/mol. The Bertz CT molecular complexity index is 325. The summed E-state index contributed by atoms with van der Waals surface area (Å²) in [5.41, 5.74) is 0. The van der Waals surface area contributed by atoms with Gasteiger partial charge in [0.2, 0.25) is 0 Å². The second-order valence-electron chi connectivity index (χ2n) is 3.45. The van der Waals surface area contributed by atoms with E-state index >= 15 is 0 Å². The summed E-state index contributed by atoms with van der Waals surface area (Å²) < 4.78 is 2.07. The summed E-state index contributed by atoms with van der Waals surface area (Å²) in [6.07, 6.45) is 3.95. The fraction of sp³-hybridized carbons (Fsp3) is 0.600. The molecule has 0 aliphatic rings. The Hall–Kier alpha value is -0.970. The Kier molecular flexibility index (Phi) is 4.68. The van der Waals surface area contributed by atoms with Crippen LogP contribution >= 0.6 is 11.8 Å². The quantitative estimate of drug-likeness (QED) is 0.806. The van der Waals surface area contributed by atoms with Crippen LogP contribution in [0.2, 0.25) is 0 Å². The second kappa shape index (κ2) is 5.80. The molecule has 5 heteroatoms. The molecular weight excluding hydrogens is 212 g/mol.